The third kappa shape index (κ3) is 2.82. The summed E-state index contributed by atoms with van der Waals surface area (Å²) in [6, 6.07) is 9.94. The summed E-state index contributed by atoms with van der Waals surface area (Å²) in [6.07, 6.45) is 0. The van der Waals surface area contributed by atoms with Gasteiger partial charge in [-0.25, -0.2) is 0 Å². The number of carbonyl (C=O) groups is 1. The predicted molar refractivity (Wildman–Crippen MR) is 106 cm³/mol. The number of thiol groups is 1. The third-order valence-electron chi connectivity index (χ3n) is 4.88. The lowest BCUT2D eigenvalue weighted by Gasteiger charge is -2.27. The van der Waals surface area contributed by atoms with E-state index in [0.717, 1.165) is 45.1 Å². The van der Waals surface area contributed by atoms with Crippen molar-refractivity contribution in [3.05, 3.63) is 41.5 Å². The van der Waals surface area contributed by atoms with Gasteiger partial charge in [-0.2, -0.15) is 5.21 Å². The van der Waals surface area contributed by atoms with Crippen molar-refractivity contribution in [1.82, 2.24) is 31.3 Å². The average molecular weight is 397 g/mol. The molecule has 3 aromatic rings. The zero-order valence-electron chi connectivity index (χ0n) is 14.2. The van der Waals surface area contributed by atoms with Crippen LogP contribution in [0.2, 0.25) is 0 Å². The smallest absolute Gasteiger partial charge is 0.251 e. The standard InChI is InChI=1S/C18H16N6OS2/c25-18-12-3-1-2-10(13(12)8-20-18)11-4-5-14(27-9-6-19-7-9)16(26)15(11)17-21-23-24-22-17/h1-5,9,19,26H,6-8H2,(H,20,25)(H,21,22,23,24). The Bertz CT molecular complexity index is 1030. The number of carbonyl (C=O) groups excluding carboxylic acids is 1. The van der Waals surface area contributed by atoms with E-state index in [2.05, 4.69) is 43.4 Å². The fourth-order valence-electron chi connectivity index (χ4n) is 3.42. The van der Waals surface area contributed by atoms with Gasteiger partial charge in [0, 0.05) is 45.8 Å². The molecule has 2 aliphatic rings. The van der Waals surface area contributed by atoms with E-state index in [0.29, 0.717) is 23.2 Å². The van der Waals surface area contributed by atoms with Crippen LogP contribution in [0.15, 0.2) is 40.1 Å². The first-order chi connectivity index (χ1) is 13.2. The monoisotopic (exact) mass is 396 g/mol. The number of hydrogen-bond acceptors (Lipinski definition) is 7. The number of benzene rings is 2. The maximum atomic E-state index is 12.1. The molecule has 0 saturated carbocycles. The zero-order valence-corrected chi connectivity index (χ0v) is 15.9. The van der Waals surface area contributed by atoms with E-state index in [4.69, 9.17) is 12.6 Å². The maximum Gasteiger partial charge on any atom is 0.251 e. The van der Waals surface area contributed by atoms with E-state index < -0.39 is 0 Å². The molecule has 0 unspecified atom stereocenters. The van der Waals surface area contributed by atoms with Crippen molar-refractivity contribution in [2.75, 3.05) is 13.1 Å². The van der Waals surface area contributed by atoms with Crippen molar-refractivity contribution >= 4 is 30.3 Å². The van der Waals surface area contributed by atoms with Crippen LogP contribution in [0.1, 0.15) is 15.9 Å². The summed E-state index contributed by atoms with van der Waals surface area (Å²) < 4.78 is 0. The molecule has 3 heterocycles. The van der Waals surface area contributed by atoms with Gasteiger partial charge < -0.3 is 10.6 Å². The van der Waals surface area contributed by atoms with Crippen molar-refractivity contribution in [3.63, 3.8) is 0 Å². The van der Waals surface area contributed by atoms with Crippen LogP contribution >= 0.6 is 24.4 Å². The fraction of sp³-hybridized carbons (Fsp3) is 0.222. The number of aromatic nitrogens is 4. The van der Waals surface area contributed by atoms with Crippen molar-refractivity contribution in [2.45, 2.75) is 21.6 Å². The third-order valence-corrected chi connectivity index (χ3v) is 6.76. The van der Waals surface area contributed by atoms with Crippen LogP contribution in [0, 0.1) is 0 Å². The van der Waals surface area contributed by atoms with Crippen LogP contribution in [-0.4, -0.2) is 44.9 Å². The van der Waals surface area contributed by atoms with Gasteiger partial charge in [0.2, 0.25) is 5.82 Å². The Morgan fingerprint density at radius 2 is 1.96 bits per heavy atom. The second-order valence-corrected chi connectivity index (χ2v) is 8.27. The molecule has 1 saturated heterocycles. The lowest BCUT2D eigenvalue weighted by molar-refractivity contribution is 0.0966. The van der Waals surface area contributed by atoms with E-state index in [1.165, 1.54) is 0 Å². The van der Waals surface area contributed by atoms with E-state index in [-0.39, 0.29) is 5.91 Å². The van der Waals surface area contributed by atoms with Gasteiger partial charge in [-0.1, -0.05) is 18.2 Å². The number of nitrogens with zero attached hydrogens (tertiary/aromatic N) is 3. The Hall–Kier alpha value is -2.36. The molecule has 136 valence electrons. The molecule has 0 spiro atoms. The Morgan fingerprint density at radius 1 is 1.11 bits per heavy atom. The molecule has 9 heteroatoms. The minimum atomic E-state index is -0.0382. The van der Waals surface area contributed by atoms with Crippen molar-refractivity contribution < 1.29 is 4.79 Å². The molecule has 1 amide bonds. The van der Waals surface area contributed by atoms with Gasteiger partial charge in [-0.3, -0.25) is 4.79 Å². The van der Waals surface area contributed by atoms with Crippen LogP contribution in [0.4, 0.5) is 0 Å². The molecule has 0 atom stereocenters. The van der Waals surface area contributed by atoms with Gasteiger partial charge in [0.25, 0.3) is 5.91 Å². The summed E-state index contributed by atoms with van der Waals surface area (Å²) in [5, 5.41) is 21.4. The quantitative estimate of drug-likeness (QED) is 0.505. The number of nitrogens with one attached hydrogen (secondary N) is 3. The summed E-state index contributed by atoms with van der Waals surface area (Å²) in [7, 11) is 0. The first-order valence-corrected chi connectivity index (χ1v) is 9.92. The number of amides is 1. The van der Waals surface area contributed by atoms with Crippen LogP contribution in [0.25, 0.3) is 22.5 Å². The number of hydrogen-bond donors (Lipinski definition) is 4. The molecule has 5 rings (SSSR count). The number of thioether (sulfide) groups is 1. The van der Waals surface area contributed by atoms with Crippen molar-refractivity contribution in [3.8, 4) is 22.5 Å². The highest BCUT2D eigenvalue weighted by Gasteiger charge is 2.26. The predicted octanol–water partition coefficient (Wildman–Crippen LogP) is 2.13. The number of aromatic amines is 1. The molecular weight excluding hydrogens is 380 g/mol. The van der Waals surface area contributed by atoms with Gasteiger partial charge in [-0.05, 0) is 34.0 Å². The van der Waals surface area contributed by atoms with E-state index in [1.54, 1.807) is 11.8 Å². The highest BCUT2D eigenvalue weighted by atomic mass is 32.2. The second kappa shape index (κ2) is 6.66. The van der Waals surface area contributed by atoms with Crippen LogP contribution in [0.3, 0.4) is 0 Å². The van der Waals surface area contributed by atoms with E-state index in [1.807, 2.05) is 18.2 Å². The summed E-state index contributed by atoms with van der Waals surface area (Å²) >= 11 is 6.64. The van der Waals surface area contributed by atoms with Crippen molar-refractivity contribution in [2.24, 2.45) is 0 Å². The molecule has 2 aromatic carbocycles. The van der Waals surface area contributed by atoms with Crippen LogP contribution in [-0.2, 0) is 6.54 Å². The summed E-state index contributed by atoms with van der Waals surface area (Å²) in [4.78, 5) is 14.0. The Kier molecular flexibility index (Phi) is 4.14. The summed E-state index contributed by atoms with van der Waals surface area (Å²) in [5.41, 5.74) is 4.47. The molecular formula is C18H16N6OS2. The maximum absolute atomic E-state index is 12.1. The highest BCUT2D eigenvalue weighted by Crippen LogP contribution is 2.43. The minimum absolute atomic E-state index is 0.0382. The average Bonchev–Trinajstić information content (AvgIpc) is 3.29. The fourth-order valence-corrected chi connectivity index (χ4v) is 4.99. The van der Waals surface area contributed by atoms with E-state index in [9.17, 15) is 4.79 Å². The van der Waals surface area contributed by atoms with E-state index >= 15 is 0 Å². The first kappa shape index (κ1) is 16.8. The number of H-pyrrole nitrogens is 1. The largest absolute Gasteiger partial charge is 0.348 e. The Morgan fingerprint density at radius 3 is 2.70 bits per heavy atom. The lowest BCUT2D eigenvalue weighted by Crippen LogP contribution is -2.44. The Balaban J connectivity index is 1.69. The van der Waals surface area contributed by atoms with Gasteiger partial charge in [0.15, 0.2) is 0 Å². The molecule has 2 aliphatic heterocycles. The topological polar surface area (TPSA) is 95.6 Å². The molecule has 3 N–H and O–H groups in total. The molecule has 0 bridgehead atoms. The summed E-state index contributed by atoms with van der Waals surface area (Å²) in [6.45, 7) is 2.51. The molecule has 0 aliphatic carbocycles. The minimum Gasteiger partial charge on any atom is -0.348 e. The zero-order chi connectivity index (χ0) is 18.4. The number of rotatable bonds is 4. The lowest BCUT2D eigenvalue weighted by atomic mass is 9.93. The van der Waals surface area contributed by atoms with Crippen LogP contribution in [0.5, 0.6) is 0 Å². The van der Waals surface area contributed by atoms with Gasteiger partial charge in [-0.15, -0.1) is 34.6 Å². The van der Waals surface area contributed by atoms with Crippen molar-refractivity contribution in [1.29, 1.82) is 0 Å². The summed E-state index contributed by atoms with van der Waals surface area (Å²) in [5.74, 6) is 0.461. The SMILES string of the molecule is O=C1NCc2c1cccc2-c1ccc(SC2CNC2)c(S)c1-c1nn[nH]n1. The van der Waals surface area contributed by atoms with Crippen LogP contribution < -0.4 is 10.6 Å². The second-order valence-electron chi connectivity index (χ2n) is 6.48. The molecule has 1 fully saturated rings. The number of fused-ring (bicyclic) bond motifs is 1. The van der Waals surface area contributed by atoms with Gasteiger partial charge in [0.1, 0.15) is 0 Å². The highest BCUT2D eigenvalue weighted by molar-refractivity contribution is 8.00. The molecule has 27 heavy (non-hydrogen) atoms. The number of tetrazole rings is 1. The molecule has 1 aromatic heterocycles. The normalized spacial score (nSPS) is 16.1. The molecule has 0 radical (unpaired) electrons. The first-order valence-electron chi connectivity index (χ1n) is 8.60. The van der Waals surface area contributed by atoms with Gasteiger partial charge in [0.05, 0.1) is 0 Å². The molecule has 7 nitrogen and oxygen atoms in total. The Labute approximate surface area is 165 Å². The van der Waals surface area contributed by atoms with Gasteiger partial charge >= 0.3 is 0 Å².